The number of nitrogens with zero attached hydrogens (tertiary/aromatic N) is 1. The Balaban J connectivity index is 2.73. The molecule has 0 heterocycles. The number of amides is 1. The Morgan fingerprint density at radius 2 is 2.11 bits per heavy atom. The summed E-state index contributed by atoms with van der Waals surface area (Å²) in [6, 6.07) is 7.27. The van der Waals surface area contributed by atoms with E-state index in [0.29, 0.717) is 5.75 Å². The van der Waals surface area contributed by atoms with Crippen molar-refractivity contribution in [3.63, 3.8) is 0 Å². The van der Waals surface area contributed by atoms with Crippen molar-refractivity contribution < 1.29 is 27.9 Å². The molecule has 1 amide bonds. The molecule has 0 fully saturated rings. The molecule has 7 heteroatoms. The van der Waals surface area contributed by atoms with Gasteiger partial charge in [0.2, 0.25) is 0 Å². The first kappa shape index (κ1) is 15.6. The molecule has 0 aliphatic heterocycles. The number of benzene rings is 1. The maximum absolute atomic E-state index is 11.5. The average molecular weight is 379 g/mol. The Morgan fingerprint density at radius 1 is 1.44 bits per heavy atom. The molecule has 0 radical (unpaired) electrons. The van der Waals surface area contributed by atoms with Crippen molar-refractivity contribution in [2.75, 3.05) is 20.8 Å². The molecule has 0 spiro atoms. The molecule has 0 unspecified atom stereocenters. The fourth-order valence-corrected chi connectivity index (χ4v) is 2.92. The predicted molar refractivity (Wildman–Crippen MR) is 68.6 cm³/mol. The maximum atomic E-state index is 11.5. The Labute approximate surface area is 119 Å². The first-order valence-corrected chi connectivity index (χ1v) is 10.4. The fourth-order valence-electron chi connectivity index (χ4n) is 1.11. The zero-order valence-electron chi connectivity index (χ0n) is 9.88. The van der Waals surface area contributed by atoms with Crippen molar-refractivity contribution in [2.24, 2.45) is 0 Å². The van der Waals surface area contributed by atoms with Crippen molar-refractivity contribution >= 4 is 29.9 Å². The number of carbonyl (C=O) groups is 1. The molecule has 1 aromatic carbocycles. The number of hydrogen-bond acceptors (Lipinski definition) is 3. The van der Waals surface area contributed by atoms with Crippen LogP contribution in [0.15, 0.2) is 24.3 Å². The van der Waals surface area contributed by atoms with Gasteiger partial charge >= 0.3 is 119 Å². The predicted octanol–water partition coefficient (Wildman–Crippen LogP) is 2.16. The monoisotopic (exact) mass is 379 g/mol. The van der Waals surface area contributed by atoms with Crippen LogP contribution >= 0.6 is 19.4 Å². The Kier molecular flexibility index (Phi) is 6.79. The quantitative estimate of drug-likeness (QED) is 0.582. The molecular weight excluding hydrogens is 366 g/mol. The third-order valence-electron chi connectivity index (χ3n) is 2.08. The number of ether oxygens (including phenoxy) is 1. The summed E-state index contributed by atoms with van der Waals surface area (Å²) >= 11 is -1.92. The summed E-state index contributed by atoms with van der Waals surface area (Å²) < 4.78 is 7.20. The van der Waals surface area contributed by atoms with Crippen molar-refractivity contribution in [1.29, 1.82) is 0 Å². The molecule has 1 rings (SSSR count). The van der Waals surface area contributed by atoms with Crippen LogP contribution in [0.1, 0.15) is 5.56 Å². The normalized spacial score (nSPS) is 10.8. The van der Waals surface area contributed by atoms with Crippen LogP contribution in [0.4, 0.5) is 0 Å². The fraction of sp³-hybridized carbons (Fsp3) is 0.273. The summed E-state index contributed by atoms with van der Waals surface area (Å²) in [6.45, 7) is -0.105. The second kappa shape index (κ2) is 7.85. The van der Waals surface area contributed by atoms with Crippen molar-refractivity contribution in [1.82, 2.24) is 5.06 Å². The number of likely N-dealkylation sites (N-methyl/N-ethyl adjacent to an activating group) is 1. The number of para-hydroxylation sites is 1. The Bertz CT molecular complexity index is 450. The van der Waals surface area contributed by atoms with E-state index in [0.717, 1.165) is 10.6 Å². The molecule has 18 heavy (non-hydrogen) atoms. The van der Waals surface area contributed by atoms with Gasteiger partial charge in [-0.15, -0.1) is 0 Å². The first-order chi connectivity index (χ1) is 8.54. The van der Waals surface area contributed by atoms with Crippen LogP contribution in [0.3, 0.4) is 0 Å². The number of halogens is 2. The van der Waals surface area contributed by atoms with E-state index in [9.17, 15) is 4.79 Å². The van der Waals surface area contributed by atoms with E-state index in [1.807, 2.05) is 18.2 Å². The van der Waals surface area contributed by atoms with Gasteiger partial charge in [0.1, 0.15) is 0 Å². The summed E-state index contributed by atoms with van der Waals surface area (Å²) in [6.07, 6.45) is 0. The van der Waals surface area contributed by atoms with Crippen LogP contribution in [0, 0.1) is 0 Å². The zero-order chi connectivity index (χ0) is 13.5. The molecule has 1 aromatic rings. The molecule has 0 aliphatic rings. The van der Waals surface area contributed by atoms with Gasteiger partial charge in [0, 0.05) is 0 Å². The third-order valence-corrected chi connectivity index (χ3v) is 3.92. The van der Waals surface area contributed by atoms with Crippen LogP contribution in [0.5, 0.6) is 5.75 Å². The summed E-state index contributed by atoms with van der Waals surface area (Å²) in [5, 5.41) is 1.10. The SMILES string of the molecule is CON(C)C(=O)COc1ccccc1[CH]=[Ru]([Cl])[Cl]. The van der Waals surface area contributed by atoms with Crippen LogP contribution in [0.2, 0.25) is 0 Å². The molecule has 0 saturated heterocycles. The zero-order valence-corrected chi connectivity index (χ0v) is 13.1. The van der Waals surface area contributed by atoms with Crippen LogP contribution in [-0.2, 0) is 23.2 Å². The van der Waals surface area contributed by atoms with Gasteiger partial charge in [0.05, 0.1) is 0 Å². The topological polar surface area (TPSA) is 38.8 Å². The molecule has 0 aliphatic carbocycles. The summed E-state index contributed by atoms with van der Waals surface area (Å²) in [5.74, 6) is 0.300. The first-order valence-electron chi connectivity index (χ1n) is 4.90. The van der Waals surface area contributed by atoms with E-state index in [2.05, 4.69) is 0 Å². The van der Waals surface area contributed by atoms with E-state index >= 15 is 0 Å². The average Bonchev–Trinajstić information content (AvgIpc) is 2.35. The van der Waals surface area contributed by atoms with Gasteiger partial charge in [-0.25, -0.2) is 0 Å². The summed E-state index contributed by atoms with van der Waals surface area (Å²) in [7, 11) is 14.6. The van der Waals surface area contributed by atoms with E-state index in [1.165, 1.54) is 14.2 Å². The number of hydroxylamine groups is 2. The molecule has 0 saturated carbocycles. The minimum atomic E-state index is -1.92. The van der Waals surface area contributed by atoms with Crippen LogP contribution in [-0.4, -0.2) is 36.3 Å². The van der Waals surface area contributed by atoms with Gasteiger partial charge in [-0.3, -0.25) is 0 Å². The molecule has 0 atom stereocenters. The summed E-state index contributed by atoms with van der Waals surface area (Å²) in [4.78, 5) is 16.3. The van der Waals surface area contributed by atoms with E-state index in [4.69, 9.17) is 29.0 Å². The molecule has 4 nitrogen and oxygen atoms in total. The van der Waals surface area contributed by atoms with Crippen LogP contribution in [0.25, 0.3) is 0 Å². The summed E-state index contributed by atoms with van der Waals surface area (Å²) in [5.41, 5.74) is 0.800. The molecule has 0 N–H and O–H groups in total. The minimum absolute atomic E-state index is 0.105. The van der Waals surface area contributed by atoms with Gasteiger partial charge in [-0.05, 0) is 0 Å². The number of carbonyl (C=O) groups excluding carboxylic acids is 1. The van der Waals surface area contributed by atoms with Crippen LogP contribution < -0.4 is 4.74 Å². The van der Waals surface area contributed by atoms with Crippen molar-refractivity contribution in [3.05, 3.63) is 29.8 Å². The van der Waals surface area contributed by atoms with Gasteiger partial charge in [0.25, 0.3) is 0 Å². The van der Waals surface area contributed by atoms with E-state index in [-0.39, 0.29) is 12.5 Å². The van der Waals surface area contributed by atoms with E-state index < -0.39 is 13.5 Å². The second-order valence-electron chi connectivity index (χ2n) is 3.21. The standard InChI is InChI=1S/C11H13NO3.2ClH.Ru/c1-9-6-4-5-7-10(9)15-8-11(13)12(2)14-3;;;/h1,4-7H,8H2,2-3H3;2*1H;/q;;;+2/p-2. The van der Waals surface area contributed by atoms with Gasteiger partial charge in [-0.1, -0.05) is 0 Å². The van der Waals surface area contributed by atoms with Gasteiger partial charge < -0.3 is 0 Å². The molecule has 0 aromatic heterocycles. The number of hydrogen-bond donors (Lipinski definition) is 0. The van der Waals surface area contributed by atoms with Crippen molar-refractivity contribution in [3.8, 4) is 5.75 Å². The van der Waals surface area contributed by atoms with Gasteiger partial charge in [-0.2, -0.15) is 0 Å². The number of rotatable bonds is 5. The van der Waals surface area contributed by atoms with E-state index in [1.54, 1.807) is 10.7 Å². The Morgan fingerprint density at radius 3 is 2.72 bits per heavy atom. The van der Waals surface area contributed by atoms with Crippen molar-refractivity contribution in [2.45, 2.75) is 0 Å². The third kappa shape index (κ3) is 5.03. The van der Waals surface area contributed by atoms with Gasteiger partial charge in [0.15, 0.2) is 0 Å². The molecular formula is C11H13Cl2NO3Ru. The molecule has 102 valence electrons. The Hall–Kier alpha value is -0.477. The molecule has 0 bridgehead atoms. The second-order valence-corrected chi connectivity index (χ2v) is 8.93.